The Labute approximate surface area is 220 Å². The number of aromatic nitrogens is 1. The van der Waals surface area contributed by atoms with E-state index in [0.717, 1.165) is 11.3 Å². The van der Waals surface area contributed by atoms with Gasteiger partial charge in [0.2, 0.25) is 0 Å². The molecule has 36 heavy (non-hydrogen) atoms. The number of carbonyl (C=O) groups is 1. The minimum Gasteiger partial charge on any atom is -0.493 e. The number of anilines is 1. The summed E-state index contributed by atoms with van der Waals surface area (Å²) in [6.45, 7) is 4.38. The van der Waals surface area contributed by atoms with E-state index in [1.54, 1.807) is 30.6 Å². The summed E-state index contributed by atoms with van der Waals surface area (Å²) in [6, 6.07) is 7.11. The molecule has 9 nitrogen and oxygen atoms in total. The SMILES string of the molecule is COc1c(Cl)cccc1NC(=S)C1=C(NCc2ccncc2OCC2COCCO2)C[C@@H](C)NC1=O. The molecule has 2 aliphatic heterocycles. The number of para-hydroxylation sites is 1. The van der Waals surface area contributed by atoms with Crippen LogP contribution in [0.4, 0.5) is 5.69 Å². The summed E-state index contributed by atoms with van der Waals surface area (Å²) in [7, 11) is 1.53. The van der Waals surface area contributed by atoms with Gasteiger partial charge in [-0.3, -0.25) is 9.78 Å². The van der Waals surface area contributed by atoms with Gasteiger partial charge in [0.15, 0.2) is 5.75 Å². The molecule has 2 aromatic rings. The summed E-state index contributed by atoms with van der Waals surface area (Å²) in [6.07, 6.45) is 3.84. The van der Waals surface area contributed by atoms with Crippen molar-refractivity contribution in [3.63, 3.8) is 0 Å². The van der Waals surface area contributed by atoms with Gasteiger partial charge in [-0.25, -0.2) is 0 Å². The minimum absolute atomic E-state index is 0.0520. The number of amides is 1. The quantitative estimate of drug-likeness (QED) is 0.420. The molecule has 0 bridgehead atoms. The Kier molecular flexibility index (Phi) is 8.98. The number of methoxy groups -OCH3 is 1. The molecule has 0 aliphatic carbocycles. The standard InChI is InChI=1S/C25H29ClN4O5S/c1-15-10-20(22(24(31)29-15)25(36)30-19-5-3-4-18(26)23(19)32-2)28-11-16-6-7-27-12-21(16)35-14-17-13-33-8-9-34-17/h3-7,12,15,17,28H,8-11,13-14H2,1-2H3,(H,29,31)(H,30,36)/t15-,17?/m1/s1. The predicted molar refractivity (Wildman–Crippen MR) is 141 cm³/mol. The van der Waals surface area contributed by atoms with Gasteiger partial charge in [0.25, 0.3) is 5.91 Å². The van der Waals surface area contributed by atoms with Crippen molar-refractivity contribution in [3.05, 3.63) is 58.5 Å². The first kappa shape index (κ1) is 26.2. The number of carbonyl (C=O) groups excluding carboxylic acids is 1. The summed E-state index contributed by atoms with van der Waals surface area (Å²) in [5.74, 6) is 0.835. The molecule has 2 aliphatic rings. The monoisotopic (exact) mass is 532 g/mol. The van der Waals surface area contributed by atoms with Gasteiger partial charge in [-0.05, 0) is 25.1 Å². The van der Waals surface area contributed by atoms with Crippen LogP contribution in [0.2, 0.25) is 5.02 Å². The van der Waals surface area contributed by atoms with Gasteiger partial charge in [-0.2, -0.15) is 0 Å². The fourth-order valence-electron chi connectivity index (χ4n) is 3.99. The van der Waals surface area contributed by atoms with E-state index < -0.39 is 0 Å². The molecule has 3 heterocycles. The smallest absolute Gasteiger partial charge is 0.256 e. The number of benzene rings is 1. The number of rotatable bonds is 9. The van der Waals surface area contributed by atoms with E-state index in [1.807, 2.05) is 13.0 Å². The second kappa shape index (κ2) is 12.4. The van der Waals surface area contributed by atoms with Crippen LogP contribution in [0.5, 0.6) is 11.5 Å². The van der Waals surface area contributed by atoms with Crippen LogP contribution in [0.15, 0.2) is 47.9 Å². The van der Waals surface area contributed by atoms with Crippen LogP contribution in [0.25, 0.3) is 0 Å². The molecule has 11 heteroatoms. The van der Waals surface area contributed by atoms with Crippen molar-refractivity contribution in [2.75, 3.05) is 38.9 Å². The lowest BCUT2D eigenvalue weighted by atomic mass is 10.0. The van der Waals surface area contributed by atoms with Gasteiger partial charge < -0.3 is 34.9 Å². The zero-order valence-corrected chi connectivity index (χ0v) is 21.7. The number of halogens is 1. The second-order valence-electron chi connectivity index (χ2n) is 8.42. The number of thiocarbonyl (C=S) groups is 1. The normalized spacial score (nSPS) is 19.9. The van der Waals surface area contributed by atoms with Crippen LogP contribution < -0.4 is 25.4 Å². The van der Waals surface area contributed by atoms with Crippen molar-refractivity contribution >= 4 is 40.4 Å². The lowest BCUT2D eigenvalue weighted by Gasteiger charge is -2.28. The molecule has 1 fully saturated rings. The van der Waals surface area contributed by atoms with E-state index in [2.05, 4.69) is 20.9 Å². The molecule has 1 unspecified atom stereocenters. The Morgan fingerprint density at radius 2 is 2.19 bits per heavy atom. The Bertz CT molecular complexity index is 1140. The van der Waals surface area contributed by atoms with E-state index in [4.69, 9.17) is 42.8 Å². The molecule has 0 saturated carbocycles. The lowest BCUT2D eigenvalue weighted by molar-refractivity contribution is -0.118. The number of nitrogens with zero attached hydrogens (tertiary/aromatic N) is 1. The van der Waals surface area contributed by atoms with Crippen LogP contribution >= 0.6 is 23.8 Å². The van der Waals surface area contributed by atoms with Crippen LogP contribution in [0.3, 0.4) is 0 Å². The van der Waals surface area contributed by atoms with Crippen LogP contribution in [-0.2, 0) is 20.8 Å². The maximum atomic E-state index is 13.0. The van der Waals surface area contributed by atoms with Crippen LogP contribution in [-0.4, -0.2) is 61.6 Å². The van der Waals surface area contributed by atoms with Crippen LogP contribution in [0, 0.1) is 0 Å². The summed E-state index contributed by atoms with van der Waals surface area (Å²) >= 11 is 11.9. The van der Waals surface area contributed by atoms with Gasteiger partial charge >= 0.3 is 0 Å². The van der Waals surface area contributed by atoms with Crippen molar-refractivity contribution in [1.82, 2.24) is 15.6 Å². The Balaban J connectivity index is 1.51. The van der Waals surface area contributed by atoms with Crippen molar-refractivity contribution in [2.45, 2.75) is 32.0 Å². The fourth-order valence-corrected chi connectivity index (χ4v) is 4.57. The van der Waals surface area contributed by atoms with Gasteiger partial charge in [0, 0.05) is 36.5 Å². The molecule has 1 aromatic heterocycles. The third kappa shape index (κ3) is 6.44. The van der Waals surface area contributed by atoms with Crippen LogP contribution in [0.1, 0.15) is 18.9 Å². The highest BCUT2D eigenvalue weighted by Crippen LogP contribution is 2.33. The molecule has 2 atom stereocenters. The minimum atomic E-state index is -0.254. The van der Waals surface area contributed by atoms with Crippen molar-refractivity contribution in [1.29, 1.82) is 0 Å². The highest BCUT2D eigenvalue weighted by atomic mass is 35.5. The Morgan fingerprint density at radius 1 is 1.33 bits per heavy atom. The molecular weight excluding hydrogens is 504 g/mol. The largest absolute Gasteiger partial charge is 0.493 e. The number of hydrogen-bond donors (Lipinski definition) is 3. The summed E-state index contributed by atoms with van der Waals surface area (Å²) < 4.78 is 22.5. The van der Waals surface area contributed by atoms with E-state index >= 15 is 0 Å². The maximum Gasteiger partial charge on any atom is 0.256 e. The molecule has 3 N–H and O–H groups in total. The first-order chi connectivity index (χ1) is 17.5. The summed E-state index contributed by atoms with van der Waals surface area (Å²) in [5.41, 5.74) is 2.57. The third-order valence-electron chi connectivity index (χ3n) is 5.74. The highest BCUT2D eigenvalue weighted by Gasteiger charge is 2.28. The fraction of sp³-hybridized carbons (Fsp3) is 0.400. The highest BCUT2D eigenvalue weighted by molar-refractivity contribution is 7.81. The van der Waals surface area contributed by atoms with E-state index in [1.165, 1.54) is 7.11 Å². The first-order valence-corrected chi connectivity index (χ1v) is 12.4. The molecule has 0 radical (unpaired) electrons. The molecule has 0 spiro atoms. The van der Waals surface area contributed by atoms with Gasteiger partial charge in [-0.15, -0.1) is 0 Å². The van der Waals surface area contributed by atoms with Crippen molar-refractivity contribution < 1.29 is 23.7 Å². The number of pyridine rings is 1. The topological polar surface area (TPSA) is 103 Å². The van der Waals surface area contributed by atoms with Crippen molar-refractivity contribution in [2.24, 2.45) is 0 Å². The Hall–Kier alpha value is -2.92. The third-order valence-corrected chi connectivity index (χ3v) is 6.34. The molecule has 1 saturated heterocycles. The lowest BCUT2D eigenvalue weighted by Crippen LogP contribution is -2.44. The summed E-state index contributed by atoms with van der Waals surface area (Å²) in [4.78, 5) is 17.4. The zero-order valence-electron chi connectivity index (χ0n) is 20.1. The summed E-state index contributed by atoms with van der Waals surface area (Å²) in [5, 5.41) is 9.91. The number of nitrogens with one attached hydrogen (secondary N) is 3. The van der Waals surface area contributed by atoms with E-state index in [0.29, 0.717) is 67.2 Å². The van der Waals surface area contributed by atoms with Gasteiger partial charge in [0.05, 0.1) is 49.4 Å². The molecule has 1 amide bonds. The number of hydrogen-bond acceptors (Lipinski definition) is 8. The average molecular weight is 533 g/mol. The Morgan fingerprint density at radius 3 is 2.97 bits per heavy atom. The van der Waals surface area contributed by atoms with Gasteiger partial charge in [0.1, 0.15) is 23.4 Å². The molecule has 1 aromatic carbocycles. The van der Waals surface area contributed by atoms with Gasteiger partial charge in [-0.1, -0.05) is 29.9 Å². The molecular formula is C25H29ClN4O5S. The molecule has 4 rings (SSSR count). The first-order valence-electron chi connectivity index (χ1n) is 11.6. The predicted octanol–water partition coefficient (Wildman–Crippen LogP) is 3.23. The second-order valence-corrected chi connectivity index (χ2v) is 9.24. The average Bonchev–Trinajstić information content (AvgIpc) is 2.87. The molecule has 192 valence electrons. The maximum absolute atomic E-state index is 13.0. The van der Waals surface area contributed by atoms with E-state index in [9.17, 15) is 4.79 Å². The van der Waals surface area contributed by atoms with Crippen molar-refractivity contribution in [3.8, 4) is 11.5 Å². The zero-order chi connectivity index (χ0) is 25.5. The number of ether oxygens (including phenoxy) is 4. The van der Waals surface area contributed by atoms with E-state index in [-0.39, 0.29) is 23.0 Å².